The van der Waals surface area contributed by atoms with Gasteiger partial charge in [0.1, 0.15) is 0 Å². The molecular formula is C17H29N3O. The molecule has 3 rings (SSSR count). The van der Waals surface area contributed by atoms with Gasteiger partial charge in [-0.2, -0.15) is 5.10 Å². The largest absolute Gasteiger partial charge is 0.381 e. The molecule has 4 heteroatoms. The van der Waals surface area contributed by atoms with E-state index in [4.69, 9.17) is 9.84 Å². The first-order valence-corrected chi connectivity index (χ1v) is 8.61. The van der Waals surface area contributed by atoms with E-state index in [9.17, 15) is 0 Å². The van der Waals surface area contributed by atoms with Crippen LogP contribution in [0.3, 0.4) is 0 Å². The second-order valence-electron chi connectivity index (χ2n) is 6.74. The van der Waals surface area contributed by atoms with Crippen molar-refractivity contribution < 1.29 is 4.74 Å². The molecule has 0 spiro atoms. The average molecular weight is 291 g/mol. The van der Waals surface area contributed by atoms with E-state index in [0.717, 1.165) is 45.2 Å². The summed E-state index contributed by atoms with van der Waals surface area (Å²) in [4.78, 5) is 0. The van der Waals surface area contributed by atoms with E-state index < -0.39 is 0 Å². The standard InChI is InChI=1S/C17H29N3O/c1-3-14-11-16(20(4-2)19-14)12-17(7-9-21-10-8-17)13-18-15-5-6-15/h11,15,18H,3-10,12-13H2,1-2H3. The van der Waals surface area contributed by atoms with Crippen molar-refractivity contribution in [2.24, 2.45) is 5.41 Å². The first kappa shape index (κ1) is 15.0. The van der Waals surface area contributed by atoms with Crippen LogP contribution in [-0.4, -0.2) is 35.6 Å². The second-order valence-corrected chi connectivity index (χ2v) is 6.74. The smallest absolute Gasteiger partial charge is 0.0624 e. The summed E-state index contributed by atoms with van der Waals surface area (Å²) in [5, 5.41) is 8.48. The van der Waals surface area contributed by atoms with Crippen LogP contribution in [-0.2, 0) is 24.1 Å². The number of ether oxygens (including phenoxy) is 1. The maximum Gasteiger partial charge on any atom is 0.0624 e. The number of aryl methyl sites for hydroxylation is 2. The molecule has 0 radical (unpaired) electrons. The molecule has 1 saturated carbocycles. The Labute approximate surface area is 128 Å². The van der Waals surface area contributed by atoms with Gasteiger partial charge in [-0.05, 0) is 56.9 Å². The summed E-state index contributed by atoms with van der Waals surface area (Å²) < 4.78 is 7.82. The van der Waals surface area contributed by atoms with Gasteiger partial charge in [-0.3, -0.25) is 4.68 Å². The van der Waals surface area contributed by atoms with Gasteiger partial charge in [0.05, 0.1) is 5.69 Å². The van der Waals surface area contributed by atoms with E-state index in [1.807, 2.05) is 0 Å². The van der Waals surface area contributed by atoms with Crippen molar-refractivity contribution in [3.8, 4) is 0 Å². The van der Waals surface area contributed by atoms with Crippen LogP contribution in [0.25, 0.3) is 0 Å². The van der Waals surface area contributed by atoms with Crippen molar-refractivity contribution >= 4 is 0 Å². The van der Waals surface area contributed by atoms with E-state index >= 15 is 0 Å². The highest BCUT2D eigenvalue weighted by Crippen LogP contribution is 2.35. The Hall–Kier alpha value is -0.870. The Balaban J connectivity index is 1.74. The minimum absolute atomic E-state index is 0.360. The third-order valence-electron chi connectivity index (χ3n) is 5.03. The predicted molar refractivity (Wildman–Crippen MR) is 84.5 cm³/mol. The van der Waals surface area contributed by atoms with Crippen LogP contribution in [0.15, 0.2) is 6.07 Å². The van der Waals surface area contributed by atoms with Gasteiger partial charge in [-0.25, -0.2) is 0 Å². The van der Waals surface area contributed by atoms with Gasteiger partial charge in [0.25, 0.3) is 0 Å². The maximum atomic E-state index is 5.62. The lowest BCUT2D eigenvalue weighted by molar-refractivity contribution is 0.0138. The predicted octanol–water partition coefficient (Wildman–Crippen LogP) is 2.56. The fourth-order valence-corrected chi connectivity index (χ4v) is 3.36. The molecule has 4 nitrogen and oxygen atoms in total. The van der Waals surface area contributed by atoms with Gasteiger partial charge in [0, 0.05) is 38.0 Å². The van der Waals surface area contributed by atoms with Gasteiger partial charge >= 0.3 is 0 Å². The molecule has 21 heavy (non-hydrogen) atoms. The molecule has 0 bridgehead atoms. The topological polar surface area (TPSA) is 39.1 Å². The molecule has 118 valence electrons. The number of hydrogen-bond acceptors (Lipinski definition) is 3. The summed E-state index contributed by atoms with van der Waals surface area (Å²) in [5.41, 5.74) is 3.00. The highest BCUT2D eigenvalue weighted by Gasteiger charge is 2.35. The molecule has 0 aromatic carbocycles. The first-order valence-electron chi connectivity index (χ1n) is 8.61. The SMILES string of the molecule is CCc1cc(CC2(CNC3CC3)CCOCC2)n(CC)n1. The Morgan fingerprint density at radius 1 is 1.33 bits per heavy atom. The molecule has 1 aliphatic carbocycles. The zero-order valence-electron chi connectivity index (χ0n) is 13.5. The van der Waals surface area contributed by atoms with E-state index in [-0.39, 0.29) is 0 Å². The average Bonchev–Trinajstić information content (AvgIpc) is 3.27. The molecule has 0 amide bonds. The monoisotopic (exact) mass is 291 g/mol. The minimum atomic E-state index is 0.360. The van der Waals surface area contributed by atoms with Crippen LogP contribution in [0.4, 0.5) is 0 Å². The van der Waals surface area contributed by atoms with Crippen LogP contribution in [0.2, 0.25) is 0 Å². The van der Waals surface area contributed by atoms with E-state index in [1.165, 1.54) is 37.1 Å². The summed E-state index contributed by atoms with van der Waals surface area (Å²) in [6.45, 7) is 8.30. The Kier molecular flexibility index (Phi) is 4.65. The van der Waals surface area contributed by atoms with Crippen LogP contribution in [0, 0.1) is 5.41 Å². The Bertz CT molecular complexity index is 459. The van der Waals surface area contributed by atoms with Crippen LogP contribution >= 0.6 is 0 Å². The normalized spacial score (nSPS) is 21.6. The Morgan fingerprint density at radius 3 is 2.71 bits per heavy atom. The third-order valence-corrected chi connectivity index (χ3v) is 5.03. The minimum Gasteiger partial charge on any atom is -0.381 e. The summed E-state index contributed by atoms with van der Waals surface area (Å²) in [6.07, 6.45) is 7.22. The summed E-state index contributed by atoms with van der Waals surface area (Å²) in [6, 6.07) is 3.10. The van der Waals surface area contributed by atoms with Crippen molar-refractivity contribution in [1.82, 2.24) is 15.1 Å². The molecule has 1 N–H and O–H groups in total. The zero-order valence-corrected chi connectivity index (χ0v) is 13.5. The lowest BCUT2D eigenvalue weighted by atomic mass is 9.76. The van der Waals surface area contributed by atoms with Crippen molar-refractivity contribution in [2.45, 2.75) is 65.0 Å². The molecule has 2 fully saturated rings. The number of hydrogen-bond donors (Lipinski definition) is 1. The fourth-order valence-electron chi connectivity index (χ4n) is 3.36. The molecule has 0 atom stereocenters. The van der Waals surface area contributed by atoms with Gasteiger partial charge in [0.15, 0.2) is 0 Å². The number of nitrogens with zero attached hydrogens (tertiary/aromatic N) is 2. The number of nitrogens with one attached hydrogen (secondary N) is 1. The molecule has 1 aromatic heterocycles. The number of aromatic nitrogens is 2. The van der Waals surface area contributed by atoms with E-state index in [2.05, 4.69) is 29.9 Å². The molecule has 1 aromatic rings. The third kappa shape index (κ3) is 3.67. The molecule has 2 heterocycles. The van der Waals surface area contributed by atoms with Crippen molar-refractivity contribution in [3.63, 3.8) is 0 Å². The molecule has 1 aliphatic heterocycles. The lowest BCUT2D eigenvalue weighted by Gasteiger charge is -2.37. The molecular weight excluding hydrogens is 262 g/mol. The van der Waals surface area contributed by atoms with Gasteiger partial charge in [-0.1, -0.05) is 6.92 Å². The van der Waals surface area contributed by atoms with Crippen molar-refractivity contribution in [3.05, 3.63) is 17.5 Å². The Morgan fingerprint density at radius 2 is 2.10 bits per heavy atom. The van der Waals surface area contributed by atoms with Crippen molar-refractivity contribution in [2.75, 3.05) is 19.8 Å². The molecule has 0 unspecified atom stereocenters. The van der Waals surface area contributed by atoms with Gasteiger partial charge in [-0.15, -0.1) is 0 Å². The quantitative estimate of drug-likeness (QED) is 0.839. The highest BCUT2D eigenvalue weighted by atomic mass is 16.5. The zero-order chi connectivity index (χ0) is 14.7. The first-order chi connectivity index (χ1) is 10.2. The van der Waals surface area contributed by atoms with Crippen LogP contribution in [0.5, 0.6) is 0 Å². The fraction of sp³-hybridized carbons (Fsp3) is 0.824. The molecule has 2 aliphatic rings. The van der Waals surface area contributed by atoms with Crippen LogP contribution < -0.4 is 5.32 Å². The molecule has 1 saturated heterocycles. The van der Waals surface area contributed by atoms with Crippen LogP contribution in [0.1, 0.15) is 50.9 Å². The van der Waals surface area contributed by atoms with E-state index in [1.54, 1.807) is 0 Å². The highest BCUT2D eigenvalue weighted by molar-refractivity contribution is 5.13. The maximum absolute atomic E-state index is 5.62. The second kappa shape index (κ2) is 6.49. The van der Waals surface area contributed by atoms with Gasteiger partial charge < -0.3 is 10.1 Å². The summed E-state index contributed by atoms with van der Waals surface area (Å²) in [7, 11) is 0. The number of rotatable bonds is 7. The van der Waals surface area contributed by atoms with Gasteiger partial charge in [0.2, 0.25) is 0 Å². The van der Waals surface area contributed by atoms with Crippen molar-refractivity contribution in [1.29, 1.82) is 0 Å². The summed E-state index contributed by atoms with van der Waals surface area (Å²) in [5.74, 6) is 0. The van der Waals surface area contributed by atoms with E-state index in [0.29, 0.717) is 5.41 Å². The lowest BCUT2D eigenvalue weighted by Crippen LogP contribution is -2.42. The summed E-state index contributed by atoms with van der Waals surface area (Å²) >= 11 is 0.